The van der Waals surface area contributed by atoms with Gasteiger partial charge in [0.15, 0.2) is 0 Å². The molecule has 4 nitrogen and oxygen atoms in total. The third kappa shape index (κ3) is 3.18. The molecule has 0 unspecified atom stereocenters. The smallest absolute Gasteiger partial charge is 0.262 e. The summed E-state index contributed by atoms with van der Waals surface area (Å²) in [5.41, 5.74) is 0.337. The number of carbonyl (C=O) groups is 1. The van der Waals surface area contributed by atoms with E-state index in [-0.39, 0.29) is 10.8 Å². The number of hydrogen-bond acceptors (Lipinski definition) is 3. The summed E-state index contributed by atoms with van der Waals surface area (Å²) in [6.07, 6.45) is 0. The fourth-order valence-corrected chi connectivity index (χ4v) is 2.91. The van der Waals surface area contributed by atoms with Crippen LogP contribution in [0.4, 0.5) is 5.69 Å². The highest BCUT2D eigenvalue weighted by atomic mass is 35.7. The average Bonchev–Trinajstić information content (AvgIpc) is 2.36. The summed E-state index contributed by atoms with van der Waals surface area (Å²) in [6.45, 7) is 0. The summed E-state index contributed by atoms with van der Waals surface area (Å²) in [5, 5.41) is 3.66. The Hall–Kier alpha value is -1.30. The number of carbonyl (C=O) groups excluding carboxylic acids is 1. The SMILES string of the molecule is O=C(CCl)Nc1cc(S(=O)(=O)Cl)c2ccccc2c1. The van der Waals surface area contributed by atoms with Crippen LogP contribution in [-0.4, -0.2) is 20.2 Å². The van der Waals surface area contributed by atoms with Crippen LogP contribution in [0.2, 0.25) is 0 Å². The summed E-state index contributed by atoms with van der Waals surface area (Å²) >= 11 is 5.39. The lowest BCUT2D eigenvalue weighted by Crippen LogP contribution is -2.12. The first-order valence-electron chi connectivity index (χ1n) is 5.25. The molecule has 0 saturated carbocycles. The average molecular weight is 318 g/mol. The minimum Gasteiger partial charge on any atom is -0.325 e. The van der Waals surface area contributed by atoms with Crippen molar-refractivity contribution in [3.8, 4) is 0 Å². The van der Waals surface area contributed by atoms with E-state index in [2.05, 4.69) is 5.32 Å². The van der Waals surface area contributed by atoms with Crippen LogP contribution in [-0.2, 0) is 13.8 Å². The van der Waals surface area contributed by atoms with E-state index in [0.717, 1.165) is 0 Å². The number of anilines is 1. The van der Waals surface area contributed by atoms with Gasteiger partial charge >= 0.3 is 0 Å². The molecule has 0 aromatic heterocycles. The van der Waals surface area contributed by atoms with E-state index in [4.69, 9.17) is 22.3 Å². The molecule has 100 valence electrons. The second kappa shape index (κ2) is 5.36. The molecule has 0 atom stereocenters. The minimum absolute atomic E-state index is 0.0443. The van der Waals surface area contributed by atoms with Crippen molar-refractivity contribution in [2.75, 3.05) is 11.2 Å². The van der Waals surface area contributed by atoms with Crippen LogP contribution in [0, 0.1) is 0 Å². The van der Waals surface area contributed by atoms with Crippen molar-refractivity contribution in [2.45, 2.75) is 4.90 Å². The van der Waals surface area contributed by atoms with Crippen LogP contribution in [0.15, 0.2) is 41.3 Å². The van der Waals surface area contributed by atoms with Gasteiger partial charge in [-0.15, -0.1) is 11.6 Å². The molecule has 0 aliphatic heterocycles. The highest BCUT2D eigenvalue weighted by Gasteiger charge is 2.16. The lowest BCUT2D eigenvalue weighted by molar-refractivity contribution is -0.113. The van der Waals surface area contributed by atoms with E-state index < -0.39 is 15.0 Å². The third-order valence-corrected chi connectivity index (χ3v) is 4.10. The largest absolute Gasteiger partial charge is 0.325 e. The van der Waals surface area contributed by atoms with Crippen LogP contribution in [0.3, 0.4) is 0 Å². The monoisotopic (exact) mass is 317 g/mol. The van der Waals surface area contributed by atoms with Crippen LogP contribution in [0.5, 0.6) is 0 Å². The Morgan fingerprint density at radius 2 is 1.89 bits per heavy atom. The van der Waals surface area contributed by atoms with Crippen molar-refractivity contribution in [1.82, 2.24) is 0 Å². The van der Waals surface area contributed by atoms with Crippen molar-refractivity contribution in [2.24, 2.45) is 0 Å². The van der Waals surface area contributed by atoms with Gasteiger partial charge < -0.3 is 5.32 Å². The molecule has 0 radical (unpaired) electrons. The molecule has 0 heterocycles. The number of nitrogens with one attached hydrogen (secondary N) is 1. The Morgan fingerprint density at radius 3 is 2.53 bits per heavy atom. The fraction of sp³-hybridized carbons (Fsp3) is 0.0833. The van der Waals surface area contributed by atoms with Gasteiger partial charge in [0, 0.05) is 21.8 Å². The second-order valence-electron chi connectivity index (χ2n) is 3.82. The first kappa shape index (κ1) is 14.1. The van der Waals surface area contributed by atoms with Crippen LogP contribution in [0.25, 0.3) is 10.8 Å². The Labute approximate surface area is 119 Å². The number of halogens is 2. The molecule has 0 aliphatic carbocycles. The highest BCUT2D eigenvalue weighted by Crippen LogP contribution is 2.29. The number of benzene rings is 2. The quantitative estimate of drug-likeness (QED) is 0.699. The van der Waals surface area contributed by atoms with Gasteiger partial charge in [-0.2, -0.15) is 0 Å². The molecule has 1 amide bonds. The van der Waals surface area contributed by atoms with Crippen molar-refractivity contribution in [1.29, 1.82) is 0 Å². The molecule has 0 bridgehead atoms. The zero-order valence-electron chi connectivity index (χ0n) is 9.56. The van der Waals surface area contributed by atoms with Crippen LogP contribution in [0.1, 0.15) is 0 Å². The normalized spacial score (nSPS) is 11.5. The van der Waals surface area contributed by atoms with Gasteiger partial charge in [-0.25, -0.2) is 8.42 Å². The van der Waals surface area contributed by atoms with Crippen molar-refractivity contribution in [3.05, 3.63) is 36.4 Å². The fourth-order valence-electron chi connectivity index (χ4n) is 1.74. The predicted molar refractivity (Wildman–Crippen MR) is 76.3 cm³/mol. The molecule has 2 aromatic rings. The van der Waals surface area contributed by atoms with Crippen molar-refractivity contribution in [3.63, 3.8) is 0 Å². The van der Waals surface area contributed by atoms with E-state index in [1.54, 1.807) is 30.3 Å². The molecule has 7 heteroatoms. The lowest BCUT2D eigenvalue weighted by atomic mass is 10.1. The van der Waals surface area contributed by atoms with E-state index in [9.17, 15) is 13.2 Å². The van der Waals surface area contributed by atoms with Gasteiger partial charge in [-0.3, -0.25) is 4.79 Å². The van der Waals surface area contributed by atoms with Gasteiger partial charge in [-0.1, -0.05) is 24.3 Å². The topological polar surface area (TPSA) is 63.2 Å². The molecular formula is C12H9Cl2NO3S. The molecular weight excluding hydrogens is 309 g/mol. The van der Waals surface area contributed by atoms with Crippen molar-refractivity contribution >= 4 is 53.7 Å². The standard InChI is InChI=1S/C12H9Cl2NO3S/c13-7-12(16)15-9-5-8-3-1-2-4-10(8)11(6-9)19(14,17)18/h1-6H,7H2,(H,15,16). The molecule has 2 rings (SSSR count). The molecule has 1 N–H and O–H groups in total. The summed E-state index contributed by atoms with van der Waals surface area (Å²) < 4.78 is 23.2. The maximum atomic E-state index is 11.6. The van der Waals surface area contributed by atoms with E-state index in [1.165, 1.54) is 6.07 Å². The van der Waals surface area contributed by atoms with Gasteiger partial charge in [0.1, 0.15) is 5.88 Å². The van der Waals surface area contributed by atoms with E-state index in [1.807, 2.05) is 0 Å². The molecule has 0 saturated heterocycles. The third-order valence-electron chi connectivity index (χ3n) is 2.49. The number of fused-ring (bicyclic) bond motifs is 1. The molecule has 2 aromatic carbocycles. The maximum Gasteiger partial charge on any atom is 0.262 e. The Bertz CT molecular complexity index is 744. The Kier molecular flexibility index (Phi) is 3.99. The van der Waals surface area contributed by atoms with E-state index in [0.29, 0.717) is 16.5 Å². The maximum absolute atomic E-state index is 11.6. The van der Waals surface area contributed by atoms with Gasteiger partial charge in [0.25, 0.3) is 9.05 Å². The molecule has 19 heavy (non-hydrogen) atoms. The Morgan fingerprint density at radius 1 is 1.21 bits per heavy atom. The van der Waals surface area contributed by atoms with Crippen LogP contribution >= 0.6 is 22.3 Å². The minimum atomic E-state index is -3.91. The van der Waals surface area contributed by atoms with Gasteiger partial charge in [0.2, 0.25) is 5.91 Å². The number of rotatable bonds is 3. The van der Waals surface area contributed by atoms with Crippen LogP contribution < -0.4 is 5.32 Å². The number of alkyl halides is 1. The zero-order valence-corrected chi connectivity index (χ0v) is 11.9. The molecule has 0 aliphatic rings. The zero-order chi connectivity index (χ0) is 14.0. The Balaban J connectivity index is 2.67. The number of amides is 1. The van der Waals surface area contributed by atoms with Gasteiger partial charge in [0.05, 0.1) is 4.90 Å². The highest BCUT2D eigenvalue weighted by molar-refractivity contribution is 8.14. The first-order valence-corrected chi connectivity index (χ1v) is 8.09. The summed E-state index contributed by atoms with van der Waals surface area (Å²) in [5.74, 6) is -0.634. The first-order chi connectivity index (χ1) is 8.91. The van der Waals surface area contributed by atoms with E-state index >= 15 is 0 Å². The molecule has 0 spiro atoms. The van der Waals surface area contributed by atoms with Crippen molar-refractivity contribution < 1.29 is 13.2 Å². The lowest BCUT2D eigenvalue weighted by Gasteiger charge is -2.08. The molecule has 0 fully saturated rings. The summed E-state index contributed by atoms with van der Waals surface area (Å²) in [6, 6.07) is 9.83. The second-order valence-corrected chi connectivity index (χ2v) is 6.62. The van der Waals surface area contributed by atoms with Gasteiger partial charge in [-0.05, 0) is 17.5 Å². The predicted octanol–water partition coefficient (Wildman–Crippen LogP) is 2.94. The summed E-state index contributed by atoms with van der Waals surface area (Å²) in [7, 11) is 1.51. The number of hydrogen-bond donors (Lipinski definition) is 1. The summed E-state index contributed by atoms with van der Waals surface area (Å²) in [4.78, 5) is 11.2.